The van der Waals surface area contributed by atoms with Crippen LogP contribution < -0.4 is 5.32 Å². The summed E-state index contributed by atoms with van der Waals surface area (Å²) in [5, 5.41) is 7.17. The molecule has 0 saturated heterocycles. The first-order chi connectivity index (χ1) is 8.04. The summed E-state index contributed by atoms with van der Waals surface area (Å²) in [6.07, 6.45) is 2.76. The number of aromatic nitrogens is 2. The van der Waals surface area contributed by atoms with Crippen LogP contribution in [0.3, 0.4) is 0 Å². The van der Waals surface area contributed by atoms with Crippen molar-refractivity contribution in [3.8, 4) is 0 Å². The lowest BCUT2D eigenvalue weighted by atomic mass is 10.2. The average molecular weight is 238 g/mol. The van der Waals surface area contributed by atoms with Crippen LogP contribution in [0.1, 0.15) is 29.4 Å². The van der Waals surface area contributed by atoms with Crippen molar-refractivity contribution in [3.05, 3.63) is 17.5 Å². The Bertz CT molecular complexity index is 371. The van der Waals surface area contributed by atoms with Gasteiger partial charge in [0.15, 0.2) is 0 Å². The second-order valence-corrected chi connectivity index (χ2v) is 4.40. The summed E-state index contributed by atoms with van der Waals surface area (Å²) in [4.78, 5) is 14.0. The fraction of sp³-hybridized carbons (Fsp3) is 0.667. The summed E-state index contributed by atoms with van der Waals surface area (Å²) in [5.74, 6) is -0.0269. The zero-order valence-electron chi connectivity index (χ0n) is 11.2. The molecule has 1 aromatic heterocycles. The van der Waals surface area contributed by atoms with Crippen molar-refractivity contribution in [3.63, 3.8) is 0 Å². The van der Waals surface area contributed by atoms with Crippen LogP contribution in [0.15, 0.2) is 6.20 Å². The minimum absolute atomic E-state index is 0.0269. The Morgan fingerprint density at radius 3 is 2.76 bits per heavy atom. The molecule has 5 nitrogen and oxygen atoms in total. The van der Waals surface area contributed by atoms with Crippen molar-refractivity contribution in [2.24, 2.45) is 0 Å². The van der Waals surface area contributed by atoms with E-state index >= 15 is 0 Å². The molecule has 0 aliphatic carbocycles. The number of aryl methyl sites for hydroxylation is 2. The highest BCUT2D eigenvalue weighted by atomic mass is 16.1. The number of hydrogen-bond donors (Lipinski definition) is 1. The standard InChI is InChI=1S/C12H22N4O/c1-5-16-9-11(10(2)14-16)12(17)13-7-6-8-15(3)4/h9H,5-8H2,1-4H3,(H,13,17). The van der Waals surface area contributed by atoms with Gasteiger partial charge in [-0.1, -0.05) is 0 Å². The summed E-state index contributed by atoms with van der Waals surface area (Å²) in [6.45, 7) is 6.34. The number of amides is 1. The molecule has 96 valence electrons. The van der Waals surface area contributed by atoms with Gasteiger partial charge < -0.3 is 10.2 Å². The highest BCUT2D eigenvalue weighted by Gasteiger charge is 2.11. The van der Waals surface area contributed by atoms with Gasteiger partial charge in [0.05, 0.1) is 11.3 Å². The van der Waals surface area contributed by atoms with Crippen molar-refractivity contribution in [1.29, 1.82) is 0 Å². The molecule has 0 atom stereocenters. The summed E-state index contributed by atoms with van der Waals surface area (Å²) < 4.78 is 1.78. The molecular weight excluding hydrogens is 216 g/mol. The van der Waals surface area contributed by atoms with E-state index in [4.69, 9.17) is 0 Å². The van der Waals surface area contributed by atoms with Crippen molar-refractivity contribution >= 4 is 5.91 Å². The Kier molecular flexibility index (Phi) is 5.15. The van der Waals surface area contributed by atoms with E-state index in [-0.39, 0.29) is 5.91 Å². The van der Waals surface area contributed by atoms with Gasteiger partial charge in [-0.3, -0.25) is 9.48 Å². The van der Waals surface area contributed by atoms with Gasteiger partial charge in [0.25, 0.3) is 5.91 Å². The quantitative estimate of drug-likeness (QED) is 0.749. The molecule has 1 N–H and O–H groups in total. The lowest BCUT2D eigenvalue weighted by Gasteiger charge is -2.09. The lowest BCUT2D eigenvalue weighted by molar-refractivity contribution is 0.0951. The van der Waals surface area contributed by atoms with Gasteiger partial charge in [0.1, 0.15) is 0 Å². The molecule has 1 amide bonds. The Morgan fingerprint density at radius 2 is 2.24 bits per heavy atom. The second kappa shape index (κ2) is 6.39. The van der Waals surface area contributed by atoms with Gasteiger partial charge >= 0.3 is 0 Å². The molecule has 0 bridgehead atoms. The molecular formula is C12H22N4O. The molecule has 0 aliphatic rings. The third kappa shape index (κ3) is 4.19. The zero-order chi connectivity index (χ0) is 12.8. The number of hydrogen-bond acceptors (Lipinski definition) is 3. The van der Waals surface area contributed by atoms with E-state index in [0.29, 0.717) is 12.1 Å². The minimum atomic E-state index is -0.0269. The van der Waals surface area contributed by atoms with Gasteiger partial charge in [-0.15, -0.1) is 0 Å². The van der Waals surface area contributed by atoms with Gasteiger partial charge in [-0.05, 0) is 40.9 Å². The van der Waals surface area contributed by atoms with E-state index in [2.05, 4.69) is 15.3 Å². The summed E-state index contributed by atoms with van der Waals surface area (Å²) in [7, 11) is 4.05. The minimum Gasteiger partial charge on any atom is -0.352 e. The van der Waals surface area contributed by atoms with Crippen LogP contribution >= 0.6 is 0 Å². The van der Waals surface area contributed by atoms with Crippen molar-refractivity contribution in [1.82, 2.24) is 20.0 Å². The molecule has 1 rings (SSSR count). The maximum Gasteiger partial charge on any atom is 0.254 e. The second-order valence-electron chi connectivity index (χ2n) is 4.40. The first-order valence-corrected chi connectivity index (χ1v) is 6.01. The zero-order valence-corrected chi connectivity index (χ0v) is 11.2. The SMILES string of the molecule is CCn1cc(C(=O)NCCCN(C)C)c(C)n1. The lowest BCUT2D eigenvalue weighted by Crippen LogP contribution is -2.27. The number of carbonyl (C=O) groups is 1. The third-order valence-corrected chi connectivity index (χ3v) is 2.58. The predicted molar refractivity (Wildman–Crippen MR) is 68.1 cm³/mol. The van der Waals surface area contributed by atoms with E-state index < -0.39 is 0 Å². The van der Waals surface area contributed by atoms with Gasteiger partial charge in [0.2, 0.25) is 0 Å². The summed E-state index contributed by atoms with van der Waals surface area (Å²) >= 11 is 0. The molecule has 5 heteroatoms. The third-order valence-electron chi connectivity index (χ3n) is 2.58. The Hall–Kier alpha value is -1.36. The maximum atomic E-state index is 11.9. The van der Waals surface area contributed by atoms with E-state index in [1.54, 1.807) is 10.9 Å². The number of rotatable bonds is 6. The molecule has 0 radical (unpaired) electrons. The van der Waals surface area contributed by atoms with Crippen LogP contribution in [-0.4, -0.2) is 47.8 Å². The van der Waals surface area contributed by atoms with E-state index in [0.717, 1.165) is 25.2 Å². The van der Waals surface area contributed by atoms with Crippen molar-refractivity contribution in [2.45, 2.75) is 26.8 Å². The molecule has 0 spiro atoms. The molecule has 0 unspecified atom stereocenters. The van der Waals surface area contributed by atoms with Crippen LogP contribution in [-0.2, 0) is 6.54 Å². The summed E-state index contributed by atoms with van der Waals surface area (Å²) in [6, 6.07) is 0. The fourth-order valence-electron chi connectivity index (χ4n) is 1.60. The predicted octanol–water partition coefficient (Wildman–Crippen LogP) is 0.893. The van der Waals surface area contributed by atoms with Gasteiger partial charge in [0, 0.05) is 19.3 Å². The summed E-state index contributed by atoms with van der Waals surface area (Å²) in [5.41, 5.74) is 1.47. The first-order valence-electron chi connectivity index (χ1n) is 6.01. The smallest absolute Gasteiger partial charge is 0.254 e. The van der Waals surface area contributed by atoms with E-state index in [1.807, 2.05) is 27.9 Å². The largest absolute Gasteiger partial charge is 0.352 e. The van der Waals surface area contributed by atoms with Crippen molar-refractivity contribution < 1.29 is 4.79 Å². The number of nitrogens with zero attached hydrogens (tertiary/aromatic N) is 3. The number of nitrogens with one attached hydrogen (secondary N) is 1. The molecule has 1 heterocycles. The topological polar surface area (TPSA) is 50.2 Å². The highest BCUT2D eigenvalue weighted by molar-refractivity contribution is 5.94. The van der Waals surface area contributed by atoms with Crippen LogP contribution in [0.25, 0.3) is 0 Å². The van der Waals surface area contributed by atoms with Gasteiger partial charge in [-0.25, -0.2) is 0 Å². The van der Waals surface area contributed by atoms with Crippen molar-refractivity contribution in [2.75, 3.05) is 27.2 Å². The van der Waals surface area contributed by atoms with Gasteiger partial charge in [-0.2, -0.15) is 5.10 Å². The monoisotopic (exact) mass is 238 g/mol. The Labute approximate surface area is 103 Å². The van der Waals surface area contributed by atoms with Crippen LogP contribution in [0, 0.1) is 6.92 Å². The Balaban J connectivity index is 2.44. The highest BCUT2D eigenvalue weighted by Crippen LogP contribution is 2.05. The molecule has 17 heavy (non-hydrogen) atoms. The molecule has 0 saturated carbocycles. The maximum absolute atomic E-state index is 11.9. The molecule has 1 aromatic rings. The molecule has 0 aliphatic heterocycles. The van der Waals surface area contributed by atoms with Crippen LogP contribution in [0.4, 0.5) is 0 Å². The van der Waals surface area contributed by atoms with E-state index in [9.17, 15) is 4.79 Å². The van der Waals surface area contributed by atoms with E-state index in [1.165, 1.54) is 0 Å². The normalized spacial score (nSPS) is 10.9. The number of carbonyl (C=O) groups excluding carboxylic acids is 1. The van der Waals surface area contributed by atoms with Crippen LogP contribution in [0.5, 0.6) is 0 Å². The Morgan fingerprint density at radius 1 is 1.53 bits per heavy atom. The molecule has 0 fully saturated rings. The average Bonchev–Trinajstić information content (AvgIpc) is 2.65. The first kappa shape index (κ1) is 13.7. The molecule has 0 aromatic carbocycles. The van der Waals surface area contributed by atoms with Crippen LogP contribution in [0.2, 0.25) is 0 Å². The fourth-order valence-corrected chi connectivity index (χ4v) is 1.60.